The maximum absolute atomic E-state index is 12.2. The number of hydrogen-bond acceptors (Lipinski definition) is 3. The van der Waals surface area contributed by atoms with Crippen LogP contribution in [0.3, 0.4) is 0 Å². The Hall–Kier alpha value is -2.75. The van der Waals surface area contributed by atoms with Crippen LogP contribution in [0, 0.1) is 0 Å². The van der Waals surface area contributed by atoms with Gasteiger partial charge in [-0.05, 0) is 74.7 Å². The number of benzene rings is 2. The van der Waals surface area contributed by atoms with Gasteiger partial charge in [-0.3, -0.25) is 4.79 Å². The largest absolute Gasteiger partial charge is 0.491 e. The lowest BCUT2D eigenvalue weighted by Gasteiger charge is -2.17. The first-order chi connectivity index (χ1) is 12.6. The van der Waals surface area contributed by atoms with E-state index in [-0.39, 0.29) is 12.0 Å². The third-order valence-corrected chi connectivity index (χ3v) is 4.26. The first kappa shape index (κ1) is 18.1. The molecule has 1 aliphatic rings. The van der Waals surface area contributed by atoms with Crippen LogP contribution in [-0.2, 0) is 4.79 Å². The number of amides is 1. The number of carbonyl (C=O) groups excluding carboxylic acids is 1. The molecule has 2 aromatic rings. The summed E-state index contributed by atoms with van der Waals surface area (Å²) in [6, 6.07) is 15.8. The monoisotopic (exact) mass is 350 g/mol. The van der Waals surface area contributed by atoms with Gasteiger partial charge in [-0.2, -0.15) is 0 Å². The highest BCUT2D eigenvalue weighted by molar-refractivity contribution is 6.02. The van der Waals surface area contributed by atoms with Gasteiger partial charge in [0.1, 0.15) is 5.75 Å². The van der Waals surface area contributed by atoms with Gasteiger partial charge >= 0.3 is 0 Å². The van der Waals surface area contributed by atoms with Crippen LogP contribution >= 0.6 is 0 Å². The van der Waals surface area contributed by atoms with Crippen LogP contribution in [0.15, 0.2) is 54.6 Å². The van der Waals surface area contributed by atoms with Gasteiger partial charge in [-0.25, -0.2) is 0 Å². The molecule has 0 aliphatic carbocycles. The van der Waals surface area contributed by atoms with Gasteiger partial charge in [0.25, 0.3) is 0 Å². The summed E-state index contributed by atoms with van der Waals surface area (Å²) >= 11 is 0. The van der Waals surface area contributed by atoms with Gasteiger partial charge in [-0.15, -0.1) is 0 Å². The Morgan fingerprint density at radius 3 is 2.54 bits per heavy atom. The predicted octanol–water partition coefficient (Wildman–Crippen LogP) is 4.73. The molecule has 0 atom stereocenters. The van der Waals surface area contributed by atoms with Crippen LogP contribution in [-0.4, -0.2) is 25.1 Å². The van der Waals surface area contributed by atoms with Crippen LogP contribution in [0.4, 0.5) is 11.4 Å². The molecule has 1 saturated heterocycles. The summed E-state index contributed by atoms with van der Waals surface area (Å²) < 4.78 is 5.67. The summed E-state index contributed by atoms with van der Waals surface area (Å²) in [7, 11) is 0. The Labute approximate surface area is 155 Å². The minimum absolute atomic E-state index is 0.126. The van der Waals surface area contributed by atoms with E-state index in [2.05, 4.69) is 22.3 Å². The lowest BCUT2D eigenvalue weighted by Crippen LogP contribution is -2.17. The number of anilines is 2. The van der Waals surface area contributed by atoms with Crippen LogP contribution < -0.4 is 15.0 Å². The Bertz CT molecular complexity index is 760. The molecular weight excluding hydrogens is 324 g/mol. The van der Waals surface area contributed by atoms with Crippen LogP contribution in [0.1, 0.15) is 32.3 Å². The van der Waals surface area contributed by atoms with E-state index in [0.29, 0.717) is 0 Å². The van der Waals surface area contributed by atoms with Crippen molar-refractivity contribution < 1.29 is 9.53 Å². The second-order valence-electron chi connectivity index (χ2n) is 6.80. The lowest BCUT2D eigenvalue weighted by atomic mass is 10.2. The summed E-state index contributed by atoms with van der Waals surface area (Å²) in [5.74, 6) is 0.661. The molecule has 1 amide bonds. The molecule has 4 heteroatoms. The van der Waals surface area contributed by atoms with E-state index in [0.717, 1.165) is 30.1 Å². The van der Waals surface area contributed by atoms with Gasteiger partial charge in [0.15, 0.2) is 0 Å². The zero-order valence-corrected chi connectivity index (χ0v) is 15.4. The second-order valence-corrected chi connectivity index (χ2v) is 6.80. The number of carbonyl (C=O) groups is 1. The van der Waals surface area contributed by atoms with Gasteiger partial charge < -0.3 is 15.0 Å². The molecule has 3 rings (SSSR count). The fourth-order valence-electron chi connectivity index (χ4n) is 3.05. The van der Waals surface area contributed by atoms with Gasteiger partial charge in [-0.1, -0.05) is 12.1 Å². The molecule has 26 heavy (non-hydrogen) atoms. The first-order valence-electron chi connectivity index (χ1n) is 9.21. The van der Waals surface area contributed by atoms with Crippen molar-refractivity contribution in [3.05, 3.63) is 60.2 Å². The van der Waals surface area contributed by atoms with E-state index in [9.17, 15) is 4.79 Å². The number of nitrogens with zero attached hydrogens (tertiary/aromatic N) is 1. The fraction of sp³-hybridized carbons (Fsp3) is 0.318. The molecule has 0 saturated carbocycles. The zero-order valence-electron chi connectivity index (χ0n) is 15.4. The summed E-state index contributed by atoms with van der Waals surface area (Å²) in [5.41, 5.74) is 2.96. The fourth-order valence-corrected chi connectivity index (χ4v) is 3.05. The van der Waals surface area contributed by atoms with Crippen molar-refractivity contribution in [2.75, 3.05) is 23.3 Å². The molecule has 2 aromatic carbocycles. The van der Waals surface area contributed by atoms with Gasteiger partial charge in [0.05, 0.1) is 6.10 Å². The molecule has 0 bridgehead atoms. The van der Waals surface area contributed by atoms with Crippen molar-refractivity contribution in [2.45, 2.75) is 32.8 Å². The predicted molar refractivity (Wildman–Crippen MR) is 108 cm³/mol. The lowest BCUT2D eigenvalue weighted by molar-refractivity contribution is -0.111. The SMILES string of the molecule is CC(C)Oc1cccc(/C=C/C(=O)Nc2ccc(N3CCCC3)cc2)c1. The maximum Gasteiger partial charge on any atom is 0.248 e. The highest BCUT2D eigenvalue weighted by Gasteiger charge is 2.11. The van der Waals surface area contributed by atoms with E-state index in [4.69, 9.17) is 4.74 Å². The molecular formula is C22H26N2O2. The number of rotatable bonds is 6. The highest BCUT2D eigenvalue weighted by Crippen LogP contribution is 2.22. The Morgan fingerprint density at radius 1 is 1.12 bits per heavy atom. The van der Waals surface area contributed by atoms with Crippen molar-refractivity contribution in [3.63, 3.8) is 0 Å². The normalized spacial score (nSPS) is 14.2. The molecule has 1 aliphatic heterocycles. The molecule has 1 heterocycles. The molecule has 0 aromatic heterocycles. The quantitative estimate of drug-likeness (QED) is 0.766. The number of hydrogen-bond donors (Lipinski definition) is 1. The van der Waals surface area contributed by atoms with Crippen molar-refractivity contribution in [3.8, 4) is 5.75 Å². The smallest absolute Gasteiger partial charge is 0.248 e. The molecule has 136 valence electrons. The average molecular weight is 350 g/mol. The second kappa shape index (κ2) is 8.56. The molecule has 1 N–H and O–H groups in total. The molecule has 1 fully saturated rings. The Kier molecular flexibility index (Phi) is 5.95. The zero-order chi connectivity index (χ0) is 18.4. The third-order valence-electron chi connectivity index (χ3n) is 4.26. The average Bonchev–Trinajstić information content (AvgIpc) is 3.15. The summed E-state index contributed by atoms with van der Waals surface area (Å²) in [5, 5.41) is 2.90. The van der Waals surface area contributed by atoms with Crippen LogP contribution in [0.25, 0.3) is 6.08 Å². The van der Waals surface area contributed by atoms with Gasteiger partial charge in [0.2, 0.25) is 5.91 Å². The topological polar surface area (TPSA) is 41.6 Å². The standard InChI is InChI=1S/C22H26N2O2/c1-17(2)26-21-7-5-6-18(16-21)8-13-22(25)23-19-9-11-20(12-10-19)24-14-3-4-15-24/h5-13,16-17H,3-4,14-15H2,1-2H3,(H,23,25)/b13-8+. The minimum atomic E-state index is -0.144. The maximum atomic E-state index is 12.2. The van der Waals surface area contributed by atoms with E-state index in [1.807, 2.05) is 50.2 Å². The molecule has 0 radical (unpaired) electrons. The van der Waals surface area contributed by atoms with E-state index in [1.165, 1.54) is 18.5 Å². The molecule has 4 nitrogen and oxygen atoms in total. The van der Waals surface area contributed by atoms with Crippen molar-refractivity contribution >= 4 is 23.4 Å². The summed E-state index contributed by atoms with van der Waals surface area (Å²) in [6.07, 6.45) is 5.98. The summed E-state index contributed by atoms with van der Waals surface area (Å²) in [6.45, 7) is 6.22. The highest BCUT2D eigenvalue weighted by atomic mass is 16.5. The molecule has 0 spiro atoms. The van der Waals surface area contributed by atoms with Crippen molar-refractivity contribution in [1.29, 1.82) is 0 Å². The third kappa shape index (κ3) is 5.12. The van der Waals surface area contributed by atoms with Crippen molar-refractivity contribution in [1.82, 2.24) is 0 Å². The number of nitrogens with one attached hydrogen (secondary N) is 1. The Morgan fingerprint density at radius 2 is 1.85 bits per heavy atom. The Balaban J connectivity index is 1.57. The molecule has 0 unspecified atom stereocenters. The van der Waals surface area contributed by atoms with Gasteiger partial charge in [0, 0.05) is 30.5 Å². The summed E-state index contributed by atoms with van der Waals surface area (Å²) in [4.78, 5) is 14.5. The van der Waals surface area contributed by atoms with E-state index >= 15 is 0 Å². The van der Waals surface area contributed by atoms with Crippen LogP contribution in [0.5, 0.6) is 5.75 Å². The van der Waals surface area contributed by atoms with E-state index in [1.54, 1.807) is 12.2 Å². The minimum Gasteiger partial charge on any atom is -0.491 e. The van der Waals surface area contributed by atoms with E-state index < -0.39 is 0 Å². The number of ether oxygens (including phenoxy) is 1. The van der Waals surface area contributed by atoms with Crippen LogP contribution in [0.2, 0.25) is 0 Å². The van der Waals surface area contributed by atoms with Crippen molar-refractivity contribution in [2.24, 2.45) is 0 Å². The first-order valence-corrected chi connectivity index (χ1v) is 9.21.